The Balaban J connectivity index is 1.14. The zero-order chi connectivity index (χ0) is 27.3. The van der Waals surface area contributed by atoms with Crippen LogP contribution in [-0.4, -0.2) is 47.6 Å². The van der Waals surface area contributed by atoms with Crippen molar-refractivity contribution in [2.45, 2.75) is 49.9 Å². The number of pyridine rings is 1. The monoisotopic (exact) mass is 536 g/mol. The van der Waals surface area contributed by atoms with E-state index in [1.807, 2.05) is 24.3 Å². The summed E-state index contributed by atoms with van der Waals surface area (Å²) in [6.45, 7) is 0.211. The molecule has 1 aliphatic carbocycles. The molecule has 6 rings (SSSR count). The fourth-order valence-electron chi connectivity index (χ4n) is 6.55. The number of carbonyl (C=O) groups excluding carboxylic acids is 2. The van der Waals surface area contributed by atoms with Crippen molar-refractivity contribution < 1.29 is 32.2 Å². The molecule has 0 radical (unpaired) electrons. The highest BCUT2D eigenvalue weighted by Crippen LogP contribution is 2.45. The molecule has 0 N–H and O–H groups in total. The van der Waals surface area contributed by atoms with Crippen molar-refractivity contribution in [3.63, 3.8) is 0 Å². The van der Waals surface area contributed by atoms with Crippen LogP contribution in [0.4, 0.5) is 18.0 Å². The third-order valence-corrected chi connectivity index (χ3v) is 8.29. The van der Waals surface area contributed by atoms with E-state index >= 15 is 0 Å². The lowest BCUT2D eigenvalue weighted by atomic mass is 9.85. The van der Waals surface area contributed by atoms with Gasteiger partial charge in [0.2, 0.25) is 5.88 Å². The topological polar surface area (TPSA) is 68.7 Å². The molecular weight excluding hydrogens is 509 g/mol. The number of hydrogen-bond acceptors (Lipinski definition) is 5. The number of rotatable bonds is 5. The number of methoxy groups -OCH3 is 1. The van der Waals surface area contributed by atoms with E-state index in [4.69, 9.17) is 9.47 Å². The minimum absolute atomic E-state index is 0.0523. The van der Waals surface area contributed by atoms with Gasteiger partial charge in [-0.3, -0.25) is 4.79 Å². The predicted molar refractivity (Wildman–Crippen MR) is 137 cm³/mol. The first-order valence-corrected chi connectivity index (χ1v) is 13.0. The third kappa shape index (κ3) is 4.43. The summed E-state index contributed by atoms with van der Waals surface area (Å²) in [4.78, 5) is 32.0. The van der Waals surface area contributed by atoms with Gasteiger partial charge in [0.1, 0.15) is 12.2 Å². The summed E-state index contributed by atoms with van der Waals surface area (Å²) in [5.41, 5.74) is 3.39. The molecule has 39 heavy (non-hydrogen) atoms. The maximum Gasteiger partial charge on any atom is 0.421 e. The molecule has 6 nitrogen and oxygen atoms in total. The van der Waals surface area contributed by atoms with Gasteiger partial charge in [-0.25, -0.2) is 9.78 Å². The summed E-state index contributed by atoms with van der Waals surface area (Å²) in [6.07, 6.45) is -1.74. The standard InChI is InChI=1S/C30H27F3N2O4/c1-38-28-26(30(31,32)33)14-18(15-34-28)27(36)17-12-19-10-11-20(13-17)35(19)29(37)39-16-25-23-8-4-2-6-21(23)22-7-3-5-9-24(22)25/h2-9,14-15,17,19-20,25H,10-13,16H2,1H3. The van der Waals surface area contributed by atoms with Crippen molar-refractivity contribution in [2.24, 2.45) is 5.92 Å². The van der Waals surface area contributed by atoms with Gasteiger partial charge in [0.05, 0.1) is 7.11 Å². The summed E-state index contributed by atoms with van der Waals surface area (Å²) >= 11 is 0. The normalized spacial score (nSPS) is 21.8. The Morgan fingerprint density at radius 2 is 1.56 bits per heavy atom. The first kappa shape index (κ1) is 25.4. The van der Waals surface area contributed by atoms with Gasteiger partial charge in [-0.15, -0.1) is 0 Å². The maximum absolute atomic E-state index is 13.5. The summed E-state index contributed by atoms with van der Waals surface area (Å²) in [5.74, 6) is -1.50. The van der Waals surface area contributed by atoms with Gasteiger partial charge in [-0.1, -0.05) is 48.5 Å². The molecular formula is C30H27F3N2O4. The molecule has 0 saturated carbocycles. The van der Waals surface area contributed by atoms with Crippen LogP contribution in [0.1, 0.15) is 58.6 Å². The molecule has 202 valence electrons. The number of fused-ring (bicyclic) bond motifs is 5. The van der Waals surface area contributed by atoms with Gasteiger partial charge in [0.15, 0.2) is 5.78 Å². The second kappa shape index (κ2) is 9.70. The minimum atomic E-state index is -4.69. The second-order valence-electron chi connectivity index (χ2n) is 10.4. The predicted octanol–water partition coefficient (Wildman–Crippen LogP) is 6.48. The lowest BCUT2D eigenvalue weighted by Gasteiger charge is -2.37. The number of aromatic nitrogens is 1. The van der Waals surface area contributed by atoms with Crippen LogP contribution < -0.4 is 4.74 Å². The Kier molecular flexibility index (Phi) is 6.32. The average molecular weight is 537 g/mol. The van der Waals surface area contributed by atoms with Gasteiger partial charge in [0, 0.05) is 35.7 Å². The maximum atomic E-state index is 13.5. The van der Waals surface area contributed by atoms with E-state index in [0.717, 1.165) is 54.5 Å². The third-order valence-electron chi connectivity index (χ3n) is 8.29. The molecule has 2 atom stereocenters. The van der Waals surface area contributed by atoms with E-state index in [0.29, 0.717) is 12.8 Å². The van der Waals surface area contributed by atoms with E-state index < -0.39 is 29.6 Å². The number of carbonyl (C=O) groups is 2. The Hall–Kier alpha value is -3.88. The van der Waals surface area contributed by atoms with Gasteiger partial charge in [-0.05, 0) is 54.0 Å². The zero-order valence-corrected chi connectivity index (χ0v) is 21.3. The van der Waals surface area contributed by atoms with Gasteiger partial charge < -0.3 is 14.4 Å². The Morgan fingerprint density at radius 1 is 0.974 bits per heavy atom. The molecule has 3 aliphatic rings. The van der Waals surface area contributed by atoms with E-state index in [9.17, 15) is 22.8 Å². The van der Waals surface area contributed by atoms with Crippen LogP contribution in [0.15, 0.2) is 60.8 Å². The van der Waals surface area contributed by atoms with Gasteiger partial charge >= 0.3 is 12.3 Å². The smallest absolute Gasteiger partial charge is 0.421 e. The highest BCUT2D eigenvalue weighted by Gasteiger charge is 2.46. The van der Waals surface area contributed by atoms with Gasteiger partial charge in [0.25, 0.3) is 0 Å². The number of nitrogens with zero attached hydrogens (tertiary/aromatic N) is 2. The number of amides is 1. The highest BCUT2D eigenvalue weighted by atomic mass is 19.4. The van der Waals surface area contributed by atoms with E-state index in [-0.39, 0.29) is 36.0 Å². The first-order valence-electron chi connectivity index (χ1n) is 13.0. The van der Waals surface area contributed by atoms with E-state index in [1.165, 1.54) is 0 Å². The Bertz CT molecular complexity index is 1380. The molecule has 3 aromatic rings. The van der Waals surface area contributed by atoms with Crippen molar-refractivity contribution in [3.05, 3.63) is 83.0 Å². The summed E-state index contributed by atoms with van der Waals surface area (Å²) in [5, 5.41) is 0. The SMILES string of the molecule is COc1ncc(C(=O)C2CC3CCC(C2)N3C(=O)OCC2c3ccccc3-c3ccccc32)cc1C(F)(F)F. The number of alkyl halides is 3. The Labute approximate surface area is 223 Å². The quantitative estimate of drug-likeness (QED) is 0.349. The van der Waals surface area contributed by atoms with Crippen LogP contribution in [0, 0.1) is 5.92 Å². The van der Waals surface area contributed by atoms with Gasteiger partial charge in [-0.2, -0.15) is 13.2 Å². The number of halogens is 3. The molecule has 2 fully saturated rings. The minimum Gasteiger partial charge on any atom is -0.481 e. The lowest BCUT2D eigenvalue weighted by molar-refractivity contribution is -0.139. The largest absolute Gasteiger partial charge is 0.481 e. The van der Waals surface area contributed by atoms with Crippen LogP contribution in [0.5, 0.6) is 5.88 Å². The summed E-state index contributed by atoms with van der Waals surface area (Å²) < 4.78 is 51.0. The Morgan fingerprint density at radius 3 is 2.13 bits per heavy atom. The van der Waals surface area contributed by atoms with Crippen LogP contribution in [-0.2, 0) is 10.9 Å². The van der Waals surface area contributed by atoms with Crippen molar-refractivity contribution in [2.75, 3.05) is 13.7 Å². The molecule has 0 spiro atoms. The van der Waals surface area contributed by atoms with Crippen molar-refractivity contribution in [3.8, 4) is 17.0 Å². The number of ketones is 1. The van der Waals surface area contributed by atoms with Crippen LogP contribution in [0.2, 0.25) is 0 Å². The second-order valence-corrected chi connectivity index (χ2v) is 10.4. The number of ether oxygens (including phenoxy) is 2. The number of benzene rings is 2. The molecule has 2 unspecified atom stereocenters. The lowest BCUT2D eigenvalue weighted by Crippen LogP contribution is -2.48. The van der Waals surface area contributed by atoms with E-state index in [1.54, 1.807) is 4.90 Å². The molecule has 2 aromatic carbocycles. The van der Waals surface area contributed by atoms with Crippen molar-refractivity contribution in [1.29, 1.82) is 0 Å². The molecule has 2 saturated heterocycles. The van der Waals surface area contributed by atoms with Crippen molar-refractivity contribution >= 4 is 11.9 Å². The first-order chi connectivity index (χ1) is 18.8. The molecule has 9 heteroatoms. The number of piperidine rings is 1. The summed E-state index contributed by atoms with van der Waals surface area (Å²) in [6, 6.07) is 16.7. The molecule has 2 bridgehead atoms. The average Bonchev–Trinajstić information content (AvgIpc) is 3.40. The number of hydrogen-bond donors (Lipinski definition) is 0. The van der Waals surface area contributed by atoms with E-state index in [2.05, 4.69) is 29.2 Å². The van der Waals surface area contributed by atoms with Crippen LogP contribution >= 0.6 is 0 Å². The van der Waals surface area contributed by atoms with Crippen LogP contribution in [0.25, 0.3) is 11.1 Å². The molecule has 1 aromatic heterocycles. The molecule has 3 heterocycles. The fourth-order valence-corrected chi connectivity index (χ4v) is 6.55. The van der Waals surface area contributed by atoms with Crippen molar-refractivity contribution in [1.82, 2.24) is 9.88 Å². The highest BCUT2D eigenvalue weighted by molar-refractivity contribution is 5.98. The molecule has 2 aliphatic heterocycles. The number of Topliss-reactive ketones (excluding diaryl/α,β-unsaturated/α-hetero) is 1. The fraction of sp³-hybridized carbons (Fsp3) is 0.367. The molecule has 1 amide bonds. The zero-order valence-electron chi connectivity index (χ0n) is 21.3. The van der Waals surface area contributed by atoms with Crippen LogP contribution in [0.3, 0.4) is 0 Å². The summed E-state index contributed by atoms with van der Waals surface area (Å²) in [7, 11) is 1.11.